The fourth-order valence-corrected chi connectivity index (χ4v) is 1.78. The Hall–Kier alpha value is -1.02. The molecule has 2 rings (SSSR count). The van der Waals surface area contributed by atoms with Gasteiger partial charge in [0.05, 0.1) is 6.61 Å². The number of aryl methyl sites for hydroxylation is 1. The quantitative estimate of drug-likeness (QED) is 0.739. The van der Waals surface area contributed by atoms with Crippen LogP contribution in [0.1, 0.15) is 31.4 Å². The molecular formula is C12H16O2. The highest BCUT2D eigenvalue weighted by molar-refractivity contribution is 5.39. The highest BCUT2D eigenvalue weighted by Crippen LogP contribution is 2.33. The average Bonchev–Trinajstić information content (AvgIpc) is 2.15. The Morgan fingerprint density at radius 1 is 1.43 bits per heavy atom. The van der Waals surface area contributed by atoms with Crippen molar-refractivity contribution >= 4 is 0 Å². The Morgan fingerprint density at radius 2 is 2.21 bits per heavy atom. The zero-order valence-corrected chi connectivity index (χ0v) is 8.71. The van der Waals surface area contributed by atoms with E-state index in [-0.39, 0.29) is 12.2 Å². The van der Waals surface area contributed by atoms with Crippen molar-refractivity contribution < 1.29 is 9.84 Å². The summed E-state index contributed by atoms with van der Waals surface area (Å²) in [4.78, 5) is 0. The first-order valence-corrected chi connectivity index (χ1v) is 5.02. The second-order valence-electron chi connectivity index (χ2n) is 4.46. The summed E-state index contributed by atoms with van der Waals surface area (Å²) in [6.45, 7) is 4.28. The molecule has 0 spiro atoms. The lowest BCUT2D eigenvalue weighted by Gasteiger charge is -2.32. The van der Waals surface area contributed by atoms with Crippen LogP contribution >= 0.6 is 0 Å². The number of ether oxygens (including phenoxy) is 1. The predicted octanol–water partition coefficient (Wildman–Crippen LogP) is 2.28. The molecule has 1 aromatic carbocycles. The SMILES string of the molecule is CC1(C)CCc2ccc(CO)cc2O1. The maximum absolute atomic E-state index is 9.01. The monoisotopic (exact) mass is 192 g/mol. The molecule has 2 nitrogen and oxygen atoms in total. The summed E-state index contributed by atoms with van der Waals surface area (Å²) in [5, 5.41) is 9.01. The van der Waals surface area contributed by atoms with E-state index in [1.54, 1.807) is 0 Å². The molecule has 0 amide bonds. The maximum atomic E-state index is 9.01. The molecule has 0 saturated carbocycles. The van der Waals surface area contributed by atoms with E-state index < -0.39 is 0 Å². The van der Waals surface area contributed by atoms with Crippen LogP contribution in [0.15, 0.2) is 18.2 Å². The smallest absolute Gasteiger partial charge is 0.123 e. The van der Waals surface area contributed by atoms with Crippen LogP contribution in [0.2, 0.25) is 0 Å². The lowest BCUT2D eigenvalue weighted by atomic mass is 9.94. The molecule has 0 fully saturated rings. The first kappa shape index (κ1) is 9.53. The van der Waals surface area contributed by atoms with Gasteiger partial charge in [0.15, 0.2) is 0 Å². The Balaban J connectivity index is 2.34. The molecule has 1 aliphatic rings. The first-order valence-electron chi connectivity index (χ1n) is 5.02. The van der Waals surface area contributed by atoms with Crippen LogP contribution in [0, 0.1) is 0 Å². The van der Waals surface area contributed by atoms with Crippen LogP contribution in [0.3, 0.4) is 0 Å². The molecule has 0 atom stereocenters. The van der Waals surface area contributed by atoms with E-state index in [4.69, 9.17) is 9.84 Å². The molecule has 0 aromatic heterocycles. The van der Waals surface area contributed by atoms with E-state index in [0.29, 0.717) is 0 Å². The summed E-state index contributed by atoms with van der Waals surface area (Å²) in [6.07, 6.45) is 2.12. The minimum absolute atomic E-state index is 0.0684. The number of aliphatic hydroxyl groups excluding tert-OH is 1. The summed E-state index contributed by atoms with van der Waals surface area (Å²) >= 11 is 0. The van der Waals surface area contributed by atoms with Gasteiger partial charge in [0.1, 0.15) is 11.4 Å². The summed E-state index contributed by atoms with van der Waals surface area (Å²) in [6, 6.07) is 5.95. The molecule has 0 bridgehead atoms. The molecule has 2 heteroatoms. The van der Waals surface area contributed by atoms with Crippen LogP contribution in [0.25, 0.3) is 0 Å². The highest BCUT2D eigenvalue weighted by Gasteiger charge is 2.26. The second-order valence-corrected chi connectivity index (χ2v) is 4.46. The number of benzene rings is 1. The normalized spacial score (nSPS) is 18.5. The fraction of sp³-hybridized carbons (Fsp3) is 0.500. The van der Waals surface area contributed by atoms with Crippen LogP contribution in [-0.4, -0.2) is 10.7 Å². The van der Waals surface area contributed by atoms with Gasteiger partial charge in [-0.2, -0.15) is 0 Å². The van der Waals surface area contributed by atoms with Crippen molar-refractivity contribution in [2.45, 2.75) is 38.9 Å². The minimum atomic E-state index is -0.0684. The van der Waals surface area contributed by atoms with Gasteiger partial charge in [0, 0.05) is 0 Å². The van der Waals surface area contributed by atoms with Crippen molar-refractivity contribution in [3.8, 4) is 5.75 Å². The fourth-order valence-electron chi connectivity index (χ4n) is 1.78. The van der Waals surface area contributed by atoms with Crippen molar-refractivity contribution in [2.24, 2.45) is 0 Å². The van der Waals surface area contributed by atoms with Gasteiger partial charge < -0.3 is 9.84 Å². The van der Waals surface area contributed by atoms with Crippen molar-refractivity contribution in [1.29, 1.82) is 0 Å². The molecule has 14 heavy (non-hydrogen) atoms. The van der Waals surface area contributed by atoms with Crippen molar-refractivity contribution in [3.05, 3.63) is 29.3 Å². The second kappa shape index (κ2) is 3.28. The minimum Gasteiger partial charge on any atom is -0.488 e. The van der Waals surface area contributed by atoms with Gasteiger partial charge in [-0.3, -0.25) is 0 Å². The standard InChI is InChI=1S/C12H16O2/c1-12(2)6-5-10-4-3-9(8-13)7-11(10)14-12/h3-4,7,13H,5-6,8H2,1-2H3. The summed E-state index contributed by atoms with van der Waals surface area (Å²) in [5.41, 5.74) is 2.10. The Morgan fingerprint density at radius 3 is 2.93 bits per heavy atom. The lowest BCUT2D eigenvalue weighted by molar-refractivity contribution is 0.0843. The van der Waals surface area contributed by atoms with E-state index in [9.17, 15) is 0 Å². The van der Waals surface area contributed by atoms with Gasteiger partial charge >= 0.3 is 0 Å². The first-order chi connectivity index (χ1) is 6.61. The van der Waals surface area contributed by atoms with Gasteiger partial charge in [-0.25, -0.2) is 0 Å². The maximum Gasteiger partial charge on any atom is 0.123 e. The van der Waals surface area contributed by atoms with Crippen LogP contribution < -0.4 is 4.74 Å². The third kappa shape index (κ3) is 1.75. The Kier molecular flexibility index (Phi) is 2.23. The summed E-state index contributed by atoms with van der Waals surface area (Å²) in [7, 11) is 0. The van der Waals surface area contributed by atoms with Crippen molar-refractivity contribution in [3.63, 3.8) is 0 Å². The third-order valence-corrected chi connectivity index (χ3v) is 2.70. The molecular weight excluding hydrogens is 176 g/mol. The van der Waals surface area contributed by atoms with Crippen molar-refractivity contribution in [2.75, 3.05) is 0 Å². The largest absolute Gasteiger partial charge is 0.488 e. The zero-order chi connectivity index (χ0) is 10.2. The number of hydrogen-bond donors (Lipinski definition) is 1. The van der Waals surface area contributed by atoms with E-state index >= 15 is 0 Å². The van der Waals surface area contributed by atoms with Crippen LogP contribution in [0.5, 0.6) is 5.75 Å². The molecule has 76 valence electrons. The number of aliphatic hydroxyl groups is 1. The van der Waals surface area contributed by atoms with Gasteiger partial charge in [-0.15, -0.1) is 0 Å². The lowest BCUT2D eigenvalue weighted by Crippen LogP contribution is -2.32. The molecule has 1 aliphatic heterocycles. The number of hydrogen-bond acceptors (Lipinski definition) is 2. The van der Waals surface area contributed by atoms with Gasteiger partial charge in [-0.1, -0.05) is 12.1 Å². The Bertz CT molecular complexity index is 342. The predicted molar refractivity (Wildman–Crippen MR) is 55.4 cm³/mol. The number of rotatable bonds is 1. The molecule has 1 N–H and O–H groups in total. The van der Waals surface area contributed by atoms with Crippen LogP contribution in [0.4, 0.5) is 0 Å². The van der Waals surface area contributed by atoms with Gasteiger partial charge in [0.25, 0.3) is 0 Å². The topological polar surface area (TPSA) is 29.5 Å². The third-order valence-electron chi connectivity index (χ3n) is 2.70. The molecule has 0 radical (unpaired) electrons. The summed E-state index contributed by atoms with van der Waals surface area (Å²) < 4.78 is 5.85. The Labute approximate surface area is 84.5 Å². The molecule has 0 unspecified atom stereocenters. The van der Waals surface area contributed by atoms with E-state index in [1.807, 2.05) is 12.1 Å². The van der Waals surface area contributed by atoms with Gasteiger partial charge in [-0.05, 0) is 43.9 Å². The highest BCUT2D eigenvalue weighted by atomic mass is 16.5. The van der Waals surface area contributed by atoms with Gasteiger partial charge in [0.2, 0.25) is 0 Å². The molecule has 0 aliphatic carbocycles. The zero-order valence-electron chi connectivity index (χ0n) is 8.71. The summed E-state index contributed by atoms with van der Waals surface area (Å²) in [5.74, 6) is 0.938. The average molecular weight is 192 g/mol. The number of fused-ring (bicyclic) bond motifs is 1. The van der Waals surface area contributed by atoms with Crippen molar-refractivity contribution in [1.82, 2.24) is 0 Å². The van der Waals surface area contributed by atoms with Crippen LogP contribution in [-0.2, 0) is 13.0 Å². The van der Waals surface area contributed by atoms with E-state index in [1.165, 1.54) is 5.56 Å². The molecule has 1 aromatic rings. The molecule has 0 saturated heterocycles. The molecule has 1 heterocycles. The van der Waals surface area contributed by atoms with E-state index in [0.717, 1.165) is 24.2 Å². The van der Waals surface area contributed by atoms with E-state index in [2.05, 4.69) is 19.9 Å².